The van der Waals surface area contributed by atoms with Crippen molar-refractivity contribution in [2.75, 3.05) is 6.54 Å². The minimum atomic E-state index is -1.24. The van der Waals surface area contributed by atoms with Crippen LogP contribution >= 0.6 is 0 Å². The second-order valence-electron chi connectivity index (χ2n) is 7.67. The fourth-order valence-corrected chi connectivity index (χ4v) is 3.70. The van der Waals surface area contributed by atoms with Crippen LogP contribution in [0.2, 0.25) is 0 Å². The number of rotatable bonds is 4. The molecule has 1 aliphatic heterocycles. The molecule has 0 bridgehead atoms. The van der Waals surface area contributed by atoms with Gasteiger partial charge in [0.1, 0.15) is 12.1 Å². The van der Waals surface area contributed by atoms with Gasteiger partial charge in [0.2, 0.25) is 5.91 Å². The Balaban J connectivity index is 1.59. The van der Waals surface area contributed by atoms with Crippen molar-refractivity contribution in [2.24, 2.45) is 0 Å². The monoisotopic (exact) mass is 386 g/mol. The molecule has 1 saturated carbocycles. The maximum Gasteiger partial charge on any atom is 0.325 e. The number of nitrogens with zero attached hydrogens (tertiary/aromatic N) is 1. The first-order valence-electron chi connectivity index (χ1n) is 9.61. The molecular weight excluding hydrogens is 360 g/mol. The summed E-state index contributed by atoms with van der Waals surface area (Å²) in [4.78, 5) is 50.1. The fourth-order valence-electron chi connectivity index (χ4n) is 3.70. The van der Waals surface area contributed by atoms with Crippen LogP contribution in [0.5, 0.6) is 0 Å². The molecule has 3 rings (SSSR count). The standard InChI is InChI=1S/C20H26N4O4/c1-13-8-10-14(11-9-13)20(2)17(26)24(19(28)23-20)12-16(25)22-18(27)21-15-6-4-3-5-7-15/h8-11,15H,3-7,12H2,1-2H3,(H,23,28)(H2,21,22,25,27)/t20-/m1/s1. The van der Waals surface area contributed by atoms with E-state index in [4.69, 9.17) is 0 Å². The first kappa shape index (κ1) is 19.9. The van der Waals surface area contributed by atoms with E-state index in [1.54, 1.807) is 19.1 Å². The Bertz CT molecular complexity index is 786. The summed E-state index contributed by atoms with van der Waals surface area (Å²) in [6, 6.07) is 6.06. The minimum Gasteiger partial charge on any atom is -0.335 e. The van der Waals surface area contributed by atoms with Crippen LogP contribution in [0, 0.1) is 6.92 Å². The lowest BCUT2D eigenvalue weighted by atomic mass is 9.91. The normalized spacial score (nSPS) is 22.7. The molecule has 1 aromatic carbocycles. The number of carbonyl (C=O) groups is 4. The Morgan fingerprint density at radius 3 is 2.43 bits per heavy atom. The highest BCUT2D eigenvalue weighted by molar-refractivity contribution is 6.10. The van der Waals surface area contributed by atoms with Crippen molar-refractivity contribution in [1.29, 1.82) is 0 Å². The quantitative estimate of drug-likeness (QED) is 0.687. The zero-order valence-corrected chi connectivity index (χ0v) is 16.2. The lowest BCUT2D eigenvalue weighted by Gasteiger charge is -2.23. The van der Waals surface area contributed by atoms with Crippen molar-refractivity contribution in [3.63, 3.8) is 0 Å². The van der Waals surface area contributed by atoms with Gasteiger partial charge in [-0.25, -0.2) is 9.59 Å². The van der Waals surface area contributed by atoms with E-state index in [1.165, 1.54) is 0 Å². The maximum atomic E-state index is 12.8. The summed E-state index contributed by atoms with van der Waals surface area (Å²) in [7, 11) is 0. The van der Waals surface area contributed by atoms with E-state index in [0.717, 1.165) is 42.6 Å². The largest absolute Gasteiger partial charge is 0.335 e. The molecule has 3 N–H and O–H groups in total. The summed E-state index contributed by atoms with van der Waals surface area (Å²) < 4.78 is 0. The van der Waals surface area contributed by atoms with Crippen LogP contribution in [-0.4, -0.2) is 41.4 Å². The molecule has 28 heavy (non-hydrogen) atoms. The Hall–Kier alpha value is -2.90. The molecule has 0 spiro atoms. The average Bonchev–Trinajstić information content (AvgIpc) is 2.87. The molecule has 0 radical (unpaired) electrons. The van der Waals surface area contributed by atoms with Crippen LogP contribution in [-0.2, 0) is 15.1 Å². The number of hydrogen-bond donors (Lipinski definition) is 3. The second-order valence-corrected chi connectivity index (χ2v) is 7.67. The number of hydrogen-bond acceptors (Lipinski definition) is 4. The number of benzene rings is 1. The highest BCUT2D eigenvalue weighted by atomic mass is 16.2. The van der Waals surface area contributed by atoms with Gasteiger partial charge in [-0.3, -0.25) is 19.8 Å². The van der Waals surface area contributed by atoms with Gasteiger partial charge in [0.25, 0.3) is 5.91 Å². The first-order chi connectivity index (χ1) is 13.3. The highest BCUT2D eigenvalue weighted by Crippen LogP contribution is 2.28. The van der Waals surface area contributed by atoms with Crippen molar-refractivity contribution < 1.29 is 19.2 Å². The van der Waals surface area contributed by atoms with Crippen molar-refractivity contribution >= 4 is 23.9 Å². The van der Waals surface area contributed by atoms with Crippen molar-refractivity contribution in [2.45, 2.75) is 57.5 Å². The van der Waals surface area contributed by atoms with E-state index in [9.17, 15) is 19.2 Å². The van der Waals surface area contributed by atoms with Crippen LogP contribution in [0.4, 0.5) is 9.59 Å². The summed E-state index contributed by atoms with van der Waals surface area (Å²) in [5, 5.41) is 7.62. The van der Waals surface area contributed by atoms with Crippen LogP contribution in [0.15, 0.2) is 24.3 Å². The fraction of sp³-hybridized carbons (Fsp3) is 0.500. The highest BCUT2D eigenvalue weighted by Gasteiger charge is 2.49. The van der Waals surface area contributed by atoms with Gasteiger partial charge in [0.05, 0.1) is 0 Å². The molecule has 0 aromatic heterocycles. The SMILES string of the molecule is Cc1ccc([C@@]2(C)NC(=O)N(CC(=O)NC(=O)NC3CCCCC3)C2=O)cc1. The molecule has 1 aliphatic carbocycles. The van der Waals surface area contributed by atoms with Gasteiger partial charge in [-0.15, -0.1) is 0 Å². The van der Waals surface area contributed by atoms with Gasteiger partial charge in [-0.1, -0.05) is 49.1 Å². The minimum absolute atomic E-state index is 0.0584. The molecule has 8 heteroatoms. The number of nitrogens with one attached hydrogen (secondary N) is 3. The van der Waals surface area contributed by atoms with Crippen molar-refractivity contribution in [1.82, 2.24) is 20.9 Å². The van der Waals surface area contributed by atoms with Gasteiger partial charge in [-0.2, -0.15) is 0 Å². The Kier molecular flexibility index (Phi) is 5.67. The molecular formula is C20H26N4O4. The molecule has 1 saturated heterocycles. The van der Waals surface area contributed by atoms with Crippen LogP contribution in [0.1, 0.15) is 50.2 Å². The van der Waals surface area contributed by atoms with Gasteiger partial charge in [-0.05, 0) is 32.3 Å². The summed E-state index contributed by atoms with van der Waals surface area (Å²) in [6.45, 7) is 3.02. The molecule has 1 aromatic rings. The summed E-state index contributed by atoms with van der Waals surface area (Å²) in [5.41, 5.74) is 0.425. The predicted octanol–water partition coefficient (Wildman–Crippen LogP) is 1.92. The summed E-state index contributed by atoms with van der Waals surface area (Å²) in [5.74, 6) is -1.23. The number of carbonyl (C=O) groups excluding carboxylic acids is 4. The number of aryl methyl sites for hydroxylation is 1. The van der Waals surface area contributed by atoms with Crippen molar-refractivity contribution in [3.05, 3.63) is 35.4 Å². The molecule has 2 fully saturated rings. The van der Waals surface area contributed by atoms with E-state index in [-0.39, 0.29) is 6.04 Å². The third-order valence-corrected chi connectivity index (χ3v) is 5.40. The Morgan fingerprint density at radius 2 is 1.79 bits per heavy atom. The van der Waals surface area contributed by atoms with Crippen LogP contribution in [0.25, 0.3) is 0 Å². The Morgan fingerprint density at radius 1 is 1.14 bits per heavy atom. The van der Waals surface area contributed by atoms with Gasteiger partial charge < -0.3 is 10.6 Å². The molecule has 8 nitrogen and oxygen atoms in total. The van der Waals surface area contributed by atoms with Crippen LogP contribution in [0.3, 0.4) is 0 Å². The molecule has 1 heterocycles. The molecule has 2 aliphatic rings. The predicted molar refractivity (Wildman–Crippen MR) is 102 cm³/mol. The second kappa shape index (κ2) is 8.00. The third-order valence-electron chi connectivity index (χ3n) is 5.40. The summed E-state index contributed by atoms with van der Waals surface area (Å²) in [6.07, 6.45) is 5.05. The van der Waals surface area contributed by atoms with Crippen molar-refractivity contribution in [3.8, 4) is 0 Å². The van der Waals surface area contributed by atoms with Crippen LogP contribution < -0.4 is 16.0 Å². The Labute approximate surface area is 164 Å². The zero-order chi connectivity index (χ0) is 20.3. The lowest BCUT2D eigenvalue weighted by Crippen LogP contribution is -2.49. The zero-order valence-electron chi connectivity index (χ0n) is 16.2. The van der Waals surface area contributed by atoms with E-state index >= 15 is 0 Å². The lowest BCUT2D eigenvalue weighted by molar-refractivity contribution is -0.134. The number of amides is 6. The van der Waals surface area contributed by atoms with Gasteiger partial charge >= 0.3 is 12.1 Å². The molecule has 1 atom stereocenters. The van der Waals surface area contributed by atoms with E-state index in [1.807, 2.05) is 19.1 Å². The molecule has 150 valence electrons. The van der Waals surface area contributed by atoms with Gasteiger partial charge in [0, 0.05) is 6.04 Å². The van der Waals surface area contributed by atoms with Gasteiger partial charge in [0.15, 0.2) is 0 Å². The summed E-state index contributed by atoms with van der Waals surface area (Å²) >= 11 is 0. The molecule has 0 unspecified atom stereocenters. The number of imide groups is 2. The average molecular weight is 386 g/mol. The first-order valence-corrected chi connectivity index (χ1v) is 9.61. The molecule has 6 amide bonds. The van der Waals surface area contributed by atoms with E-state index < -0.39 is 36.0 Å². The maximum absolute atomic E-state index is 12.8. The van der Waals surface area contributed by atoms with E-state index in [0.29, 0.717) is 5.56 Å². The third kappa shape index (κ3) is 4.16. The topological polar surface area (TPSA) is 108 Å². The smallest absolute Gasteiger partial charge is 0.325 e. The number of urea groups is 2. The van der Waals surface area contributed by atoms with E-state index in [2.05, 4.69) is 16.0 Å².